The second-order valence-electron chi connectivity index (χ2n) is 5.69. The molecule has 4 heteroatoms. The summed E-state index contributed by atoms with van der Waals surface area (Å²) in [6.45, 7) is 6.80. The number of amides is 1. The van der Waals surface area contributed by atoms with Crippen LogP contribution in [-0.4, -0.2) is 18.6 Å². The van der Waals surface area contributed by atoms with E-state index in [4.69, 9.17) is 9.47 Å². The molecule has 0 radical (unpaired) electrons. The van der Waals surface area contributed by atoms with Crippen molar-refractivity contribution in [3.63, 3.8) is 0 Å². The fraction of sp³-hybridized carbons (Fsp3) is 0.350. The van der Waals surface area contributed by atoms with Gasteiger partial charge in [0.1, 0.15) is 11.5 Å². The van der Waals surface area contributed by atoms with E-state index in [1.165, 1.54) is 0 Å². The number of hydrogen-bond donors (Lipinski definition) is 1. The van der Waals surface area contributed by atoms with Crippen LogP contribution in [0.4, 0.5) is 5.69 Å². The van der Waals surface area contributed by atoms with Crippen LogP contribution in [0.2, 0.25) is 0 Å². The molecule has 128 valence electrons. The van der Waals surface area contributed by atoms with E-state index in [-0.39, 0.29) is 12.0 Å². The highest BCUT2D eigenvalue weighted by Gasteiger charge is 2.08. The zero-order chi connectivity index (χ0) is 17.4. The van der Waals surface area contributed by atoms with Gasteiger partial charge < -0.3 is 14.8 Å². The molecule has 0 saturated heterocycles. The lowest BCUT2D eigenvalue weighted by Gasteiger charge is -2.13. The van der Waals surface area contributed by atoms with Crippen molar-refractivity contribution < 1.29 is 14.3 Å². The van der Waals surface area contributed by atoms with Crippen LogP contribution in [0.25, 0.3) is 0 Å². The summed E-state index contributed by atoms with van der Waals surface area (Å²) < 4.78 is 11.3. The fourth-order valence-corrected chi connectivity index (χ4v) is 2.08. The minimum Gasteiger partial charge on any atom is -0.494 e. The van der Waals surface area contributed by atoms with Crippen LogP contribution < -0.4 is 14.8 Å². The molecule has 0 fully saturated rings. The van der Waals surface area contributed by atoms with Crippen molar-refractivity contribution in [1.29, 1.82) is 0 Å². The molecule has 24 heavy (non-hydrogen) atoms. The Hall–Kier alpha value is -2.49. The quantitative estimate of drug-likeness (QED) is 0.750. The van der Waals surface area contributed by atoms with E-state index < -0.39 is 0 Å². The highest BCUT2D eigenvalue weighted by atomic mass is 16.5. The number of carbonyl (C=O) groups is 1. The zero-order valence-corrected chi connectivity index (χ0v) is 14.5. The second kappa shape index (κ2) is 8.96. The molecule has 0 aromatic heterocycles. The lowest BCUT2D eigenvalue weighted by molar-refractivity contribution is 0.102. The maximum atomic E-state index is 12.4. The van der Waals surface area contributed by atoms with Gasteiger partial charge in [-0.15, -0.1) is 0 Å². The van der Waals surface area contributed by atoms with Gasteiger partial charge in [0, 0.05) is 11.3 Å². The molecule has 0 aliphatic heterocycles. The Balaban J connectivity index is 1.99. The number of rotatable bonds is 8. The van der Waals surface area contributed by atoms with E-state index in [0.29, 0.717) is 17.9 Å². The Labute approximate surface area is 143 Å². The first-order chi connectivity index (χ1) is 11.6. The van der Waals surface area contributed by atoms with Gasteiger partial charge in [0.2, 0.25) is 0 Å². The van der Waals surface area contributed by atoms with Crippen molar-refractivity contribution in [2.45, 2.75) is 39.7 Å². The van der Waals surface area contributed by atoms with Gasteiger partial charge in [0.05, 0.1) is 12.7 Å². The highest BCUT2D eigenvalue weighted by molar-refractivity contribution is 6.04. The Morgan fingerprint density at radius 3 is 2.50 bits per heavy atom. The largest absolute Gasteiger partial charge is 0.494 e. The van der Waals surface area contributed by atoms with E-state index in [2.05, 4.69) is 12.2 Å². The zero-order valence-electron chi connectivity index (χ0n) is 14.5. The van der Waals surface area contributed by atoms with Crippen LogP contribution >= 0.6 is 0 Å². The van der Waals surface area contributed by atoms with Gasteiger partial charge in [-0.05, 0) is 62.2 Å². The standard InChI is InChI=1S/C20H25NO3/c1-4-13-23-19-8-6-7-16(14-19)20(22)21-17-9-11-18(12-10-17)24-15(3)5-2/h6-12,14-15H,4-5,13H2,1-3H3,(H,21,22). The molecule has 0 spiro atoms. The summed E-state index contributed by atoms with van der Waals surface area (Å²) in [6.07, 6.45) is 2.06. The third kappa shape index (κ3) is 5.30. The van der Waals surface area contributed by atoms with Crippen LogP contribution in [0.3, 0.4) is 0 Å². The van der Waals surface area contributed by atoms with Crippen LogP contribution in [0, 0.1) is 0 Å². The molecule has 2 aromatic rings. The molecule has 0 heterocycles. The van der Waals surface area contributed by atoms with E-state index in [9.17, 15) is 4.79 Å². The van der Waals surface area contributed by atoms with Gasteiger partial charge in [0.15, 0.2) is 0 Å². The second-order valence-corrected chi connectivity index (χ2v) is 5.69. The predicted octanol–water partition coefficient (Wildman–Crippen LogP) is 4.91. The minimum absolute atomic E-state index is 0.160. The summed E-state index contributed by atoms with van der Waals surface area (Å²) in [7, 11) is 0. The molecule has 4 nitrogen and oxygen atoms in total. The van der Waals surface area contributed by atoms with Crippen molar-refractivity contribution >= 4 is 11.6 Å². The smallest absolute Gasteiger partial charge is 0.255 e. The first kappa shape index (κ1) is 17.9. The maximum absolute atomic E-state index is 12.4. The van der Waals surface area contributed by atoms with Gasteiger partial charge in [0.25, 0.3) is 5.91 Å². The molecule has 2 rings (SSSR count). The highest BCUT2D eigenvalue weighted by Crippen LogP contribution is 2.19. The molecule has 1 unspecified atom stereocenters. The summed E-state index contributed by atoms with van der Waals surface area (Å²) in [5.74, 6) is 1.35. The number of nitrogens with one attached hydrogen (secondary N) is 1. The molecule has 1 atom stereocenters. The van der Waals surface area contributed by atoms with Crippen molar-refractivity contribution in [2.75, 3.05) is 11.9 Å². The third-order valence-electron chi connectivity index (χ3n) is 3.59. The van der Waals surface area contributed by atoms with E-state index in [1.54, 1.807) is 12.1 Å². The fourth-order valence-electron chi connectivity index (χ4n) is 2.08. The normalized spacial score (nSPS) is 11.6. The van der Waals surface area contributed by atoms with Gasteiger partial charge >= 0.3 is 0 Å². The number of anilines is 1. The molecule has 0 aliphatic rings. The summed E-state index contributed by atoms with van der Waals surface area (Å²) >= 11 is 0. The van der Waals surface area contributed by atoms with Crippen molar-refractivity contribution in [2.24, 2.45) is 0 Å². The van der Waals surface area contributed by atoms with Gasteiger partial charge in [-0.2, -0.15) is 0 Å². The molecule has 0 aliphatic carbocycles. The summed E-state index contributed by atoms with van der Waals surface area (Å²) in [5.41, 5.74) is 1.31. The SMILES string of the molecule is CCCOc1cccc(C(=O)Nc2ccc(OC(C)CC)cc2)c1. The van der Waals surface area contributed by atoms with Crippen molar-refractivity contribution in [3.8, 4) is 11.5 Å². The van der Waals surface area contributed by atoms with Gasteiger partial charge in [-0.1, -0.05) is 19.9 Å². The Kier molecular flexibility index (Phi) is 6.67. The van der Waals surface area contributed by atoms with Crippen LogP contribution in [0.1, 0.15) is 44.0 Å². The number of carbonyl (C=O) groups excluding carboxylic acids is 1. The summed E-state index contributed by atoms with van der Waals surface area (Å²) in [6, 6.07) is 14.6. The maximum Gasteiger partial charge on any atom is 0.255 e. The summed E-state index contributed by atoms with van der Waals surface area (Å²) in [5, 5.41) is 2.89. The first-order valence-electron chi connectivity index (χ1n) is 8.43. The van der Waals surface area contributed by atoms with E-state index >= 15 is 0 Å². The van der Waals surface area contributed by atoms with Crippen molar-refractivity contribution in [1.82, 2.24) is 0 Å². The van der Waals surface area contributed by atoms with Gasteiger partial charge in [-0.3, -0.25) is 4.79 Å². The molecule has 2 aromatic carbocycles. The number of ether oxygens (including phenoxy) is 2. The average molecular weight is 327 g/mol. The topological polar surface area (TPSA) is 47.6 Å². The molecule has 0 saturated carbocycles. The molecule has 1 amide bonds. The monoisotopic (exact) mass is 327 g/mol. The van der Waals surface area contributed by atoms with E-state index in [0.717, 1.165) is 24.3 Å². The lowest BCUT2D eigenvalue weighted by atomic mass is 10.2. The Morgan fingerprint density at radius 2 is 1.83 bits per heavy atom. The van der Waals surface area contributed by atoms with Gasteiger partial charge in [-0.25, -0.2) is 0 Å². The third-order valence-corrected chi connectivity index (χ3v) is 3.59. The Morgan fingerprint density at radius 1 is 1.08 bits per heavy atom. The number of hydrogen-bond acceptors (Lipinski definition) is 3. The van der Waals surface area contributed by atoms with Crippen molar-refractivity contribution in [3.05, 3.63) is 54.1 Å². The average Bonchev–Trinajstić information content (AvgIpc) is 2.61. The van der Waals surface area contributed by atoms with E-state index in [1.807, 2.05) is 50.2 Å². The molecule has 0 bridgehead atoms. The molecular weight excluding hydrogens is 302 g/mol. The Bertz CT molecular complexity index is 652. The lowest BCUT2D eigenvalue weighted by Crippen LogP contribution is -2.12. The molecular formula is C20H25NO3. The first-order valence-corrected chi connectivity index (χ1v) is 8.43. The van der Waals surface area contributed by atoms with Crippen LogP contribution in [0.15, 0.2) is 48.5 Å². The molecule has 1 N–H and O–H groups in total. The minimum atomic E-state index is -0.160. The summed E-state index contributed by atoms with van der Waals surface area (Å²) in [4.78, 5) is 12.4. The van der Waals surface area contributed by atoms with Crippen LogP contribution in [-0.2, 0) is 0 Å². The van der Waals surface area contributed by atoms with Crippen LogP contribution in [0.5, 0.6) is 11.5 Å². The number of benzene rings is 2. The predicted molar refractivity (Wildman–Crippen MR) is 97.0 cm³/mol.